The van der Waals surface area contributed by atoms with Gasteiger partial charge in [0.25, 0.3) is 0 Å². The number of amides is 1. The van der Waals surface area contributed by atoms with Crippen molar-refractivity contribution in [1.29, 1.82) is 0 Å². The van der Waals surface area contributed by atoms with Gasteiger partial charge in [0.15, 0.2) is 0 Å². The van der Waals surface area contributed by atoms with E-state index >= 15 is 0 Å². The third-order valence-corrected chi connectivity index (χ3v) is 4.90. The summed E-state index contributed by atoms with van der Waals surface area (Å²) in [5.41, 5.74) is 1.13. The number of aromatic nitrogens is 1. The van der Waals surface area contributed by atoms with Crippen LogP contribution in [0.4, 0.5) is 0 Å². The van der Waals surface area contributed by atoms with Gasteiger partial charge in [-0.1, -0.05) is 17.7 Å². The second-order valence-electron chi connectivity index (χ2n) is 6.20. The average molecular weight is 324 g/mol. The first-order valence-corrected chi connectivity index (χ1v) is 8.31. The minimum Gasteiger partial charge on any atom is -0.392 e. The number of carbonyl (C=O) groups is 1. The van der Waals surface area contributed by atoms with E-state index in [1.54, 1.807) is 12.3 Å². The van der Waals surface area contributed by atoms with Gasteiger partial charge in [0.2, 0.25) is 5.91 Å². The Morgan fingerprint density at radius 3 is 2.64 bits per heavy atom. The first kappa shape index (κ1) is 15.7. The Morgan fingerprint density at radius 2 is 2.05 bits per heavy atom. The number of pyridine rings is 1. The maximum atomic E-state index is 12.4. The van der Waals surface area contributed by atoms with Crippen LogP contribution < -0.4 is 0 Å². The molecule has 2 unspecified atom stereocenters. The molecular weight excluding hydrogens is 302 g/mol. The summed E-state index contributed by atoms with van der Waals surface area (Å²) in [6, 6.07) is 3.79. The average Bonchev–Trinajstić information content (AvgIpc) is 2.96. The molecule has 0 radical (unpaired) electrons. The van der Waals surface area contributed by atoms with Crippen LogP contribution in [0.5, 0.6) is 0 Å². The molecule has 0 aromatic carbocycles. The Hall–Kier alpha value is -1.17. The highest BCUT2D eigenvalue weighted by molar-refractivity contribution is 6.29. The van der Waals surface area contributed by atoms with E-state index in [-0.39, 0.29) is 11.8 Å². The molecule has 1 aliphatic heterocycles. The van der Waals surface area contributed by atoms with Crippen molar-refractivity contribution in [3.63, 3.8) is 0 Å². The zero-order valence-electron chi connectivity index (χ0n) is 12.6. The molecule has 1 saturated carbocycles. The molecule has 1 aliphatic carbocycles. The normalized spacial score (nSPS) is 26.4. The summed E-state index contributed by atoms with van der Waals surface area (Å²) in [7, 11) is 0. The first-order chi connectivity index (χ1) is 10.6. The van der Waals surface area contributed by atoms with Gasteiger partial charge in [0.05, 0.1) is 12.0 Å². The number of aliphatic hydroxyl groups is 1. The largest absolute Gasteiger partial charge is 0.392 e. The van der Waals surface area contributed by atoms with Crippen LogP contribution >= 0.6 is 11.6 Å². The van der Waals surface area contributed by atoms with Crippen LogP contribution in [0.15, 0.2) is 18.3 Å². The van der Waals surface area contributed by atoms with Crippen molar-refractivity contribution in [2.24, 2.45) is 5.92 Å². The fourth-order valence-electron chi connectivity index (χ4n) is 3.35. The van der Waals surface area contributed by atoms with Gasteiger partial charge in [-0.25, -0.2) is 4.98 Å². The summed E-state index contributed by atoms with van der Waals surface area (Å²) in [6.07, 6.45) is 3.91. The molecule has 1 N–H and O–H groups in total. The van der Waals surface area contributed by atoms with Crippen LogP contribution in [0, 0.1) is 5.92 Å². The number of rotatable bonds is 3. The molecule has 6 heteroatoms. The molecule has 1 amide bonds. The maximum absolute atomic E-state index is 12.4. The molecule has 3 rings (SSSR count). The van der Waals surface area contributed by atoms with Gasteiger partial charge in [0.1, 0.15) is 5.15 Å². The number of carbonyl (C=O) groups excluding carboxylic acids is 1. The van der Waals surface area contributed by atoms with Crippen LogP contribution in [0.3, 0.4) is 0 Å². The van der Waals surface area contributed by atoms with E-state index in [2.05, 4.69) is 9.88 Å². The lowest BCUT2D eigenvalue weighted by Gasteiger charge is -2.36. The smallest absolute Gasteiger partial charge is 0.228 e. The molecule has 0 bridgehead atoms. The van der Waals surface area contributed by atoms with Crippen molar-refractivity contribution in [2.45, 2.75) is 31.9 Å². The van der Waals surface area contributed by atoms with Crippen molar-refractivity contribution in [2.75, 3.05) is 26.2 Å². The van der Waals surface area contributed by atoms with Crippen LogP contribution in [0.25, 0.3) is 0 Å². The van der Waals surface area contributed by atoms with Crippen molar-refractivity contribution in [3.05, 3.63) is 29.0 Å². The Kier molecular flexibility index (Phi) is 4.96. The fourth-order valence-corrected chi connectivity index (χ4v) is 3.46. The van der Waals surface area contributed by atoms with Gasteiger partial charge in [-0.2, -0.15) is 0 Å². The monoisotopic (exact) mass is 323 g/mol. The molecule has 120 valence electrons. The van der Waals surface area contributed by atoms with Crippen LogP contribution in [-0.4, -0.2) is 58.1 Å². The Bertz CT molecular complexity index is 515. The van der Waals surface area contributed by atoms with E-state index in [1.807, 2.05) is 11.0 Å². The van der Waals surface area contributed by atoms with Crippen LogP contribution in [0.1, 0.15) is 24.8 Å². The molecule has 0 spiro atoms. The molecular formula is C16H22ClN3O2. The predicted octanol–water partition coefficient (Wildman–Crippen LogP) is 1.54. The molecule has 5 nitrogen and oxygen atoms in total. The van der Waals surface area contributed by atoms with Crippen molar-refractivity contribution < 1.29 is 9.90 Å². The van der Waals surface area contributed by atoms with Crippen LogP contribution in [0.2, 0.25) is 5.15 Å². The van der Waals surface area contributed by atoms with E-state index in [1.165, 1.54) is 0 Å². The Morgan fingerprint density at radius 1 is 1.27 bits per heavy atom. The van der Waals surface area contributed by atoms with Gasteiger partial charge in [0, 0.05) is 38.9 Å². The second kappa shape index (κ2) is 6.94. The van der Waals surface area contributed by atoms with E-state index in [9.17, 15) is 9.90 Å². The molecule has 22 heavy (non-hydrogen) atoms. The fraction of sp³-hybridized carbons (Fsp3) is 0.625. The molecule has 2 atom stereocenters. The summed E-state index contributed by atoms with van der Waals surface area (Å²) >= 11 is 5.79. The minimum absolute atomic E-state index is 0.137. The summed E-state index contributed by atoms with van der Waals surface area (Å²) < 4.78 is 0. The number of halogens is 1. The number of aliphatic hydroxyl groups excluding tert-OH is 1. The van der Waals surface area contributed by atoms with Gasteiger partial charge in [-0.15, -0.1) is 0 Å². The molecule has 1 aromatic heterocycles. The topological polar surface area (TPSA) is 56.7 Å². The lowest BCUT2D eigenvalue weighted by Crippen LogP contribution is -2.50. The minimum atomic E-state index is -0.439. The van der Waals surface area contributed by atoms with Crippen LogP contribution in [-0.2, 0) is 11.3 Å². The van der Waals surface area contributed by atoms with Gasteiger partial charge in [-0.3, -0.25) is 9.69 Å². The van der Waals surface area contributed by atoms with Gasteiger partial charge >= 0.3 is 0 Å². The zero-order chi connectivity index (χ0) is 15.5. The lowest BCUT2D eigenvalue weighted by molar-refractivity contribution is -0.140. The Labute approximate surface area is 135 Å². The zero-order valence-corrected chi connectivity index (χ0v) is 13.4. The van der Waals surface area contributed by atoms with E-state index in [0.717, 1.165) is 57.5 Å². The third kappa shape index (κ3) is 3.59. The number of nitrogens with zero attached hydrogens (tertiary/aromatic N) is 3. The van der Waals surface area contributed by atoms with Crippen molar-refractivity contribution in [1.82, 2.24) is 14.8 Å². The number of hydrogen-bond acceptors (Lipinski definition) is 4. The molecule has 2 fully saturated rings. The Balaban J connectivity index is 1.49. The molecule has 1 saturated heterocycles. The standard InChI is InChI=1S/C16H22ClN3O2/c17-15-5-4-12(10-18-15)11-19-6-8-20(9-7-19)16(22)13-2-1-3-14(13)21/h4-5,10,13-14,21H,1-3,6-9,11H2. The molecule has 2 heterocycles. The highest BCUT2D eigenvalue weighted by Crippen LogP contribution is 2.27. The van der Waals surface area contributed by atoms with E-state index < -0.39 is 6.10 Å². The third-order valence-electron chi connectivity index (χ3n) is 4.68. The number of hydrogen-bond donors (Lipinski definition) is 1. The maximum Gasteiger partial charge on any atom is 0.228 e. The lowest BCUT2D eigenvalue weighted by atomic mass is 10.0. The second-order valence-corrected chi connectivity index (χ2v) is 6.58. The van der Waals surface area contributed by atoms with Crippen molar-refractivity contribution >= 4 is 17.5 Å². The summed E-state index contributed by atoms with van der Waals surface area (Å²) in [4.78, 5) is 20.8. The van der Waals surface area contributed by atoms with E-state index in [0.29, 0.717) is 5.15 Å². The summed E-state index contributed by atoms with van der Waals surface area (Å²) in [5.74, 6) is -0.0372. The number of piperazine rings is 1. The SMILES string of the molecule is O=C(C1CCCC1O)N1CCN(Cc2ccc(Cl)nc2)CC1. The molecule has 2 aliphatic rings. The van der Waals surface area contributed by atoms with Gasteiger partial charge in [-0.05, 0) is 30.9 Å². The first-order valence-electron chi connectivity index (χ1n) is 7.93. The highest BCUT2D eigenvalue weighted by Gasteiger charge is 2.35. The predicted molar refractivity (Wildman–Crippen MR) is 84.5 cm³/mol. The summed E-state index contributed by atoms with van der Waals surface area (Å²) in [5, 5.41) is 10.4. The summed E-state index contributed by atoms with van der Waals surface area (Å²) in [6.45, 7) is 4.03. The highest BCUT2D eigenvalue weighted by atomic mass is 35.5. The van der Waals surface area contributed by atoms with Gasteiger partial charge < -0.3 is 10.0 Å². The van der Waals surface area contributed by atoms with E-state index in [4.69, 9.17) is 11.6 Å². The van der Waals surface area contributed by atoms with Crippen molar-refractivity contribution in [3.8, 4) is 0 Å². The quantitative estimate of drug-likeness (QED) is 0.857. The molecule has 1 aromatic rings.